The third-order valence-corrected chi connectivity index (χ3v) is 2.40. The molecule has 0 amide bonds. The number of thioether (sulfide) groups is 1. The Kier molecular flexibility index (Phi) is 10.6. The molecule has 0 aromatic heterocycles. The number of hydrogen-bond donors (Lipinski definition) is 2. The Morgan fingerprint density at radius 2 is 1.71 bits per heavy atom. The maximum atomic E-state index is 10.1. The molecule has 0 atom stereocenters. The molecule has 5 nitrogen and oxygen atoms in total. The van der Waals surface area contributed by atoms with Crippen LogP contribution in [-0.2, 0) is 9.59 Å². The van der Waals surface area contributed by atoms with Crippen LogP contribution in [0.25, 0.3) is 0 Å². The molecule has 0 aromatic carbocycles. The fourth-order valence-corrected chi connectivity index (χ4v) is 1.04. The Balaban J connectivity index is 0. The molecule has 2 N–H and O–H groups in total. The van der Waals surface area contributed by atoms with Gasteiger partial charge in [-0.05, 0) is 26.5 Å². The standard InChI is InChI=1S/C7H11NO2.C4H8O2S/c1-7(2,5-8)4-3-6(9)10;1-7-3-2-4(5)6/h3-4H2,1-2H3,(H,9,10);2-3H2,1H3,(H,5,6). The molecule has 6 heteroatoms. The van der Waals surface area contributed by atoms with E-state index in [-0.39, 0.29) is 12.8 Å². The van der Waals surface area contributed by atoms with Crippen LogP contribution in [0.5, 0.6) is 0 Å². The van der Waals surface area contributed by atoms with E-state index in [1.807, 2.05) is 12.3 Å². The van der Waals surface area contributed by atoms with Crippen molar-refractivity contribution in [2.24, 2.45) is 5.41 Å². The molecule has 0 spiro atoms. The summed E-state index contributed by atoms with van der Waals surface area (Å²) in [5.74, 6) is -0.840. The Bertz CT molecular complexity index is 284. The van der Waals surface area contributed by atoms with Gasteiger partial charge in [0.05, 0.1) is 17.9 Å². The largest absolute Gasteiger partial charge is 0.481 e. The molecule has 0 radical (unpaired) electrons. The van der Waals surface area contributed by atoms with Gasteiger partial charge < -0.3 is 10.2 Å². The Hall–Kier alpha value is -1.22. The van der Waals surface area contributed by atoms with E-state index in [1.165, 1.54) is 0 Å². The van der Waals surface area contributed by atoms with Crippen molar-refractivity contribution in [2.75, 3.05) is 12.0 Å². The molecule has 0 saturated heterocycles. The van der Waals surface area contributed by atoms with E-state index in [0.29, 0.717) is 6.42 Å². The number of rotatable bonds is 6. The lowest BCUT2D eigenvalue weighted by molar-refractivity contribution is -0.138. The summed E-state index contributed by atoms with van der Waals surface area (Å²) in [5.41, 5.74) is -0.502. The Morgan fingerprint density at radius 1 is 1.24 bits per heavy atom. The van der Waals surface area contributed by atoms with Gasteiger partial charge in [-0.15, -0.1) is 0 Å². The highest BCUT2D eigenvalue weighted by Gasteiger charge is 2.17. The summed E-state index contributed by atoms with van der Waals surface area (Å²) in [6, 6.07) is 2.03. The van der Waals surface area contributed by atoms with Crippen molar-refractivity contribution in [3.05, 3.63) is 0 Å². The van der Waals surface area contributed by atoms with Crippen molar-refractivity contribution in [3.8, 4) is 6.07 Å². The highest BCUT2D eigenvalue weighted by molar-refractivity contribution is 7.98. The van der Waals surface area contributed by atoms with Gasteiger partial charge in [-0.2, -0.15) is 17.0 Å². The van der Waals surface area contributed by atoms with E-state index in [4.69, 9.17) is 15.5 Å². The van der Waals surface area contributed by atoms with Gasteiger partial charge in [0.1, 0.15) is 0 Å². The Morgan fingerprint density at radius 3 is 1.94 bits per heavy atom. The molecule has 0 aliphatic heterocycles. The minimum absolute atomic E-state index is 0.0700. The number of hydrogen-bond acceptors (Lipinski definition) is 4. The number of carboxylic acid groups (broad SMARTS) is 2. The van der Waals surface area contributed by atoms with Crippen LogP contribution in [0.1, 0.15) is 33.1 Å². The molecular weight excluding hydrogens is 242 g/mol. The lowest BCUT2D eigenvalue weighted by Crippen LogP contribution is -2.10. The van der Waals surface area contributed by atoms with Gasteiger partial charge in [0, 0.05) is 12.2 Å². The number of carboxylic acids is 2. The van der Waals surface area contributed by atoms with Crippen molar-refractivity contribution in [1.82, 2.24) is 0 Å². The molecule has 0 aliphatic rings. The molecule has 17 heavy (non-hydrogen) atoms. The summed E-state index contributed by atoms with van der Waals surface area (Å²) >= 11 is 1.55. The molecular formula is C11H19NO4S. The zero-order valence-electron chi connectivity index (χ0n) is 10.4. The molecule has 0 saturated carbocycles. The van der Waals surface area contributed by atoms with Crippen molar-refractivity contribution in [3.63, 3.8) is 0 Å². The maximum absolute atomic E-state index is 10.1. The molecule has 98 valence electrons. The van der Waals surface area contributed by atoms with Crippen LogP contribution in [-0.4, -0.2) is 34.2 Å². The first-order valence-electron chi connectivity index (χ1n) is 5.09. The van der Waals surface area contributed by atoms with Gasteiger partial charge in [-0.1, -0.05) is 0 Å². The lowest BCUT2D eigenvalue weighted by atomic mass is 9.90. The van der Waals surface area contributed by atoms with Gasteiger partial charge >= 0.3 is 11.9 Å². The first-order valence-corrected chi connectivity index (χ1v) is 6.48. The van der Waals surface area contributed by atoms with Crippen molar-refractivity contribution >= 4 is 23.7 Å². The van der Waals surface area contributed by atoms with E-state index in [9.17, 15) is 9.59 Å². The van der Waals surface area contributed by atoms with Crippen LogP contribution in [0.4, 0.5) is 0 Å². The fraction of sp³-hybridized carbons (Fsp3) is 0.727. The fourth-order valence-electron chi connectivity index (χ4n) is 0.665. The predicted octanol–water partition coefficient (Wildman–Crippen LogP) is 2.23. The summed E-state index contributed by atoms with van der Waals surface area (Å²) < 4.78 is 0. The van der Waals surface area contributed by atoms with Crippen molar-refractivity contribution in [2.45, 2.75) is 33.1 Å². The van der Waals surface area contributed by atoms with E-state index >= 15 is 0 Å². The second-order valence-electron chi connectivity index (χ2n) is 4.03. The minimum Gasteiger partial charge on any atom is -0.481 e. The molecule has 0 fully saturated rings. The number of aliphatic carboxylic acids is 2. The van der Waals surface area contributed by atoms with Crippen LogP contribution in [0.3, 0.4) is 0 Å². The molecule has 0 aromatic rings. The molecule has 0 aliphatic carbocycles. The summed E-state index contributed by atoms with van der Waals surface area (Å²) in [7, 11) is 0. The van der Waals surface area contributed by atoms with Crippen LogP contribution in [0.2, 0.25) is 0 Å². The normalized spacial score (nSPS) is 9.76. The molecule has 0 bridgehead atoms. The van der Waals surface area contributed by atoms with Gasteiger partial charge in [0.25, 0.3) is 0 Å². The van der Waals surface area contributed by atoms with Gasteiger partial charge in [0.15, 0.2) is 0 Å². The summed E-state index contributed by atoms with van der Waals surface area (Å²) in [6.07, 6.45) is 2.66. The second-order valence-corrected chi connectivity index (χ2v) is 5.01. The highest BCUT2D eigenvalue weighted by atomic mass is 32.2. The van der Waals surface area contributed by atoms with E-state index in [1.54, 1.807) is 25.6 Å². The quantitative estimate of drug-likeness (QED) is 0.760. The molecule has 0 unspecified atom stereocenters. The zero-order chi connectivity index (χ0) is 13.9. The lowest BCUT2D eigenvalue weighted by Gasteiger charge is -2.11. The maximum Gasteiger partial charge on any atom is 0.304 e. The van der Waals surface area contributed by atoms with E-state index in [2.05, 4.69) is 0 Å². The number of nitrogens with zero attached hydrogens (tertiary/aromatic N) is 1. The first-order chi connectivity index (χ1) is 7.75. The third-order valence-electron chi connectivity index (χ3n) is 1.79. The SMILES string of the molecule is CC(C)(C#N)CCC(=O)O.CSCCC(=O)O. The molecule has 0 rings (SSSR count). The van der Waals surface area contributed by atoms with Crippen LogP contribution < -0.4 is 0 Å². The summed E-state index contributed by atoms with van der Waals surface area (Å²) in [6.45, 7) is 3.46. The van der Waals surface area contributed by atoms with Crippen LogP contribution >= 0.6 is 11.8 Å². The number of nitriles is 1. The van der Waals surface area contributed by atoms with Crippen molar-refractivity contribution < 1.29 is 19.8 Å². The van der Waals surface area contributed by atoms with Crippen LogP contribution in [0, 0.1) is 16.7 Å². The smallest absolute Gasteiger partial charge is 0.304 e. The topological polar surface area (TPSA) is 98.4 Å². The monoisotopic (exact) mass is 261 g/mol. The average molecular weight is 261 g/mol. The van der Waals surface area contributed by atoms with Crippen LogP contribution in [0.15, 0.2) is 0 Å². The van der Waals surface area contributed by atoms with E-state index in [0.717, 1.165) is 5.75 Å². The third kappa shape index (κ3) is 17.4. The predicted molar refractivity (Wildman–Crippen MR) is 66.9 cm³/mol. The van der Waals surface area contributed by atoms with Gasteiger partial charge in [-0.25, -0.2) is 0 Å². The minimum atomic E-state index is -0.844. The number of carbonyl (C=O) groups is 2. The van der Waals surface area contributed by atoms with Gasteiger partial charge in [0.2, 0.25) is 0 Å². The second kappa shape index (κ2) is 9.97. The summed E-state index contributed by atoms with van der Waals surface area (Å²) in [5, 5.41) is 24.8. The summed E-state index contributed by atoms with van der Waals surface area (Å²) in [4.78, 5) is 19.8. The Labute approximate surface area is 106 Å². The molecule has 0 heterocycles. The first kappa shape index (κ1) is 18.2. The van der Waals surface area contributed by atoms with Gasteiger partial charge in [-0.3, -0.25) is 9.59 Å². The van der Waals surface area contributed by atoms with E-state index < -0.39 is 17.4 Å². The zero-order valence-corrected chi connectivity index (χ0v) is 11.2. The average Bonchev–Trinajstić information content (AvgIpc) is 2.24. The highest BCUT2D eigenvalue weighted by Crippen LogP contribution is 2.20. The van der Waals surface area contributed by atoms with Crippen molar-refractivity contribution in [1.29, 1.82) is 5.26 Å².